The van der Waals surface area contributed by atoms with Crippen LogP contribution in [-0.4, -0.2) is 65.8 Å². The monoisotopic (exact) mass is 429 g/mol. The lowest BCUT2D eigenvalue weighted by Gasteiger charge is -2.36. The predicted molar refractivity (Wildman–Crippen MR) is 119 cm³/mol. The molecule has 0 spiro atoms. The van der Waals surface area contributed by atoms with E-state index < -0.39 is 0 Å². The van der Waals surface area contributed by atoms with Gasteiger partial charge < -0.3 is 14.7 Å². The molecule has 2 aromatic rings. The molecule has 0 unspecified atom stereocenters. The summed E-state index contributed by atoms with van der Waals surface area (Å²) in [6.07, 6.45) is 3.98. The van der Waals surface area contributed by atoms with E-state index in [2.05, 4.69) is 26.7 Å². The first-order valence-electron chi connectivity index (χ1n) is 10.6. The summed E-state index contributed by atoms with van der Waals surface area (Å²) < 4.78 is 13.1. The highest BCUT2D eigenvalue weighted by atomic mass is 32.2. The minimum atomic E-state index is -0.229. The second-order valence-corrected chi connectivity index (χ2v) is 9.01. The third kappa shape index (κ3) is 5.22. The molecule has 2 fully saturated rings. The van der Waals surface area contributed by atoms with Crippen molar-refractivity contribution in [2.75, 3.05) is 54.8 Å². The van der Waals surface area contributed by atoms with Gasteiger partial charge in [0.05, 0.1) is 5.75 Å². The maximum absolute atomic E-state index is 13.1. The van der Waals surface area contributed by atoms with Crippen molar-refractivity contribution in [3.8, 4) is 0 Å². The largest absolute Gasteiger partial charge is 0.368 e. The van der Waals surface area contributed by atoms with Crippen LogP contribution in [0.3, 0.4) is 0 Å². The highest BCUT2D eigenvalue weighted by Crippen LogP contribution is 2.25. The number of piperazine rings is 1. The topological polar surface area (TPSA) is 52.6 Å². The summed E-state index contributed by atoms with van der Waals surface area (Å²) in [5.74, 6) is 2.01. The van der Waals surface area contributed by atoms with Crippen LogP contribution in [0.5, 0.6) is 0 Å². The fourth-order valence-corrected chi connectivity index (χ4v) is 4.68. The van der Waals surface area contributed by atoms with Gasteiger partial charge in [-0.3, -0.25) is 4.79 Å². The molecule has 0 aliphatic carbocycles. The molecule has 1 amide bonds. The summed E-state index contributed by atoms with van der Waals surface area (Å²) in [7, 11) is 0. The Balaban J connectivity index is 1.26. The van der Waals surface area contributed by atoms with Crippen molar-refractivity contribution in [2.45, 2.75) is 24.8 Å². The van der Waals surface area contributed by atoms with E-state index in [1.165, 1.54) is 36.7 Å². The molecule has 0 bridgehead atoms. The van der Waals surface area contributed by atoms with Crippen molar-refractivity contribution in [1.29, 1.82) is 0 Å². The van der Waals surface area contributed by atoms with E-state index in [1.54, 1.807) is 18.5 Å². The van der Waals surface area contributed by atoms with E-state index in [4.69, 9.17) is 0 Å². The van der Waals surface area contributed by atoms with Crippen molar-refractivity contribution in [3.63, 3.8) is 0 Å². The molecular formula is C22H28FN5OS. The molecule has 30 heavy (non-hydrogen) atoms. The minimum Gasteiger partial charge on any atom is -0.368 e. The zero-order chi connectivity index (χ0) is 20.9. The van der Waals surface area contributed by atoms with Crippen LogP contribution in [0.25, 0.3) is 0 Å². The molecule has 1 aromatic heterocycles. The number of hydrogen-bond donors (Lipinski definition) is 0. The molecule has 3 heterocycles. The SMILES string of the molecule is CC1CCN(c2cc(SCC(=O)N3CCN(c4ccc(F)cc4)CC3)ncn2)CC1. The number of anilines is 2. The van der Waals surface area contributed by atoms with Crippen molar-refractivity contribution in [2.24, 2.45) is 5.92 Å². The number of piperidine rings is 1. The van der Waals surface area contributed by atoms with Gasteiger partial charge in [-0.15, -0.1) is 0 Å². The van der Waals surface area contributed by atoms with Crippen LogP contribution in [0.2, 0.25) is 0 Å². The van der Waals surface area contributed by atoms with Crippen molar-refractivity contribution < 1.29 is 9.18 Å². The first kappa shape index (κ1) is 20.9. The molecule has 6 nitrogen and oxygen atoms in total. The van der Waals surface area contributed by atoms with Crippen molar-refractivity contribution >= 4 is 29.2 Å². The van der Waals surface area contributed by atoms with Gasteiger partial charge in [0.15, 0.2) is 0 Å². The second-order valence-electron chi connectivity index (χ2n) is 8.02. The first-order valence-corrected chi connectivity index (χ1v) is 11.5. The normalized spacial score (nSPS) is 18.0. The molecule has 0 saturated carbocycles. The number of aromatic nitrogens is 2. The number of thioether (sulfide) groups is 1. The van der Waals surface area contributed by atoms with Gasteiger partial charge in [0.2, 0.25) is 5.91 Å². The maximum atomic E-state index is 13.1. The van der Waals surface area contributed by atoms with Gasteiger partial charge in [0.1, 0.15) is 23.0 Å². The number of nitrogens with zero attached hydrogens (tertiary/aromatic N) is 5. The Morgan fingerprint density at radius 3 is 2.43 bits per heavy atom. The Kier molecular flexibility index (Phi) is 6.72. The number of amides is 1. The quantitative estimate of drug-likeness (QED) is 0.537. The number of carbonyl (C=O) groups is 1. The number of hydrogen-bond acceptors (Lipinski definition) is 6. The van der Waals surface area contributed by atoms with Crippen LogP contribution in [0.15, 0.2) is 41.7 Å². The molecule has 8 heteroatoms. The van der Waals surface area contributed by atoms with E-state index >= 15 is 0 Å². The predicted octanol–water partition coefficient (Wildman–Crippen LogP) is 3.29. The number of benzene rings is 1. The maximum Gasteiger partial charge on any atom is 0.233 e. The summed E-state index contributed by atoms with van der Waals surface area (Å²) in [6.45, 7) is 7.22. The van der Waals surface area contributed by atoms with Gasteiger partial charge in [-0.2, -0.15) is 0 Å². The first-order chi connectivity index (χ1) is 14.6. The zero-order valence-corrected chi connectivity index (χ0v) is 18.2. The third-order valence-electron chi connectivity index (χ3n) is 5.90. The minimum absolute atomic E-state index is 0.130. The Bertz CT molecular complexity index is 849. The smallest absolute Gasteiger partial charge is 0.233 e. The van der Waals surface area contributed by atoms with Crippen LogP contribution in [0.1, 0.15) is 19.8 Å². The molecule has 160 valence electrons. The lowest BCUT2D eigenvalue weighted by Crippen LogP contribution is -2.49. The number of carbonyl (C=O) groups excluding carboxylic acids is 1. The van der Waals surface area contributed by atoms with Crippen LogP contribution in [0, 0.1) is 11.7 Å². The molecule has 0 N–H and O–H groups in total. The molecule has 1 aromatic carbocycles. The fourth-order valence-electron chi connectivity index (χ4n) is 3.91. The Morgan fingerprint density at radius 2 is 1.73 bits per heavy atom. The van der Waals surface area contributed by atoms with Crippen molar-refractivity contribution in [1.82, 2.24) is 14.9 Å². The summed E-state index contributed by atoms with van der Waals surface area (Å²) in [4.78, 5) is 27.8. The van der Waals surface area contributed by atoms with E-state index in [1.807, 2.05) is 11.0 Å². The van der Waals surface area contributed by atoms with Crippen molar-refractivity contribution in [3.05, 3.63) is 42.5 Å². The number of rotatable bonds is 5. The zero-order valence-electron chi connectivity index (χ0n) is 17.3. The highest BCUT2D eigenvalue weighted by Gasteiger charge is 2.22. The van der Waals surface area contributed by atoms with Gasteiger partial charge in [0, 0.05) is 51.0 Å². The summed E-state index contributed by atoms with van der Waals surface area (Å²) in [5.41, 5.74) is 0.999. The van der Waals surface area contributed by atoms with E-state index in [-0.39, 0.29) is 11.7 Å². The van der Waals surface area contributed by atoms with Crippen LogP contribution in [-0.2, 0) is 4.79 Å². The summed E-state index contributed by atoms with van der Waals surface area (Å²) in [6, 6.07) is 8.53. The molecule has 0 radical (unpaired) electrons. The highest BCUT2D eigenvalue weighted by molar-refractivity contribution is 7.99. The van der Waals surface area contributed by atoms with E-state index in [9.17, 15) is 9.18 Å². The van der Waals surface area contributed by atoms with E-state index in [0.29, 0.717) is 18.8 Å². The lowest BCUT2D eigenvalue weighted by molar-refractivity contribution is -0.128. The van der Waals surface area contributed by atoms with Crippen LogP contribution >= 0.6 is 11.8 Å². The van der Waals surface area contributed by atoms with Gasteiger partial charge >= 0.3 is 0 Å². The van der Waals surface area contributed by atoms with E-state index in [0.717, 1.165) is 48.6 Å². The number of halogens is 1. The average Bonchev–Trinajstić information content (AvgIpc) is 2.79. The van der Waals surface area contributed by atoms with Crippen LogP contribution < -0.4 is 9.80 Å². The third-order valence-corrected chi connectivity index (χ3v) is 6.81. The Labute approximate surface area is 181 Å². The van der Waals surface area contributed by atoms with Gasteiger partial charge in [-0.1, -0.05) is 18.7 Å². The Morgan fingerprint density at radius 1 is 1.03 bits per heavy atom. The lowest BCUT2D eigenvalue weighted by atomic mass is 9.99. The summed E-state index contributed by atoms with van der Waals surface area (Å²) >= 11 is 1.48. The fraction of sp³-hybridized carbons (Fsp3) is 0.500. The standard InChI is InChI=1S/C22H28FN5OS/c1-17-6-8-27(9-7-17)20-14-21(25-16-24-20)30-15-22(29)28-12-10-26(11-13-28)19-4-2-18(23)3-5-19/h2-5,14,16-17H,6-13,15H2,1H3. The molecule has 0 atom stereocenters. The van der Waals surface area contributed by atoms with Crippen LogP contribution in [0.4, 0.5) is 15.9 Å². The van der Waals surface area contributed by atoms with Gasteiger partial charge in [0.25, 0.3) is 0 Å². The Hall–Kier alpha value is -2.35. The molecule has 4 rings (SSSR count). The molecule has 2 aliphatic heterocycles. The second kappa shape index (κ2) is 9.64. The molecule has 2 aliphatic rings. The molecule has 2 saturated heterocycles. The summed E-state index contributed by atoms with van der Waals surface area (Å²) in [5, 5.41) is 0.844. The van der Waals surface area contributed by atoms with Gasteiger partial charge in [-0.25, -0.2) is 14.4 Å². The average molecular weight is 430 g/mol. The molecular weight excluding hydrogens is 401 g/mol. The van der Waals surface area contributed by atoms with Gasteiger partial charge in [-0.05, 0) is 43.0 Å².